The highest BCUT2D eigenvalue weighted by atomic mass is 15.1. The van der Waals surface area contributed by atoms with Gasteiger partial charge in [0.25, 0.3) is 0 Å². The molecule has 0 atom stereocenters. The van der Waals surface area contributed by atoms with Crippen LogP contribution in [-0.4, -0.2) is 0 Å². The molecule has 2 nitrogen and oxygen atoms in total. The lowest BCUT2D eigenvalue weighted by Crippen LogP contribution is -2.13. The van der Waals surface area contributed by atoms with Crippen LogP contribution in [0, 0.1) is 13.8 Å². The molecule has 7 rings (SSSR count). The van der Waals surface area contributed by atoms with Crippen molar-refractivity contribution >= 4 is 57.0 Å². The van der Waals surface area contributed by atoms with Crippen LogP contribution in [0.25, 0.3) is 22.9 Å². The maximum Gasteiger partial charge on any atom is 0.0540 e. The highest BCUT2D eigenvalue weighted by Crippen LogP contribution is 2.40. The van der Waals surface area contributed by atoms with E-state index in [1.165, 1.54) is 44.5 Å². The summed E-state index contributed by atoms with van der Waals surface area (Å²) < 4.78 is 0. The largest absolute Gasteiger partial charge is 0.310 e. The predicted molar refractivity (Wildman–Crippen MR) is 217 cm³/mol. The molecule has 0 bridgehead atoms. The highest BCUT2D eigenvalue weighted by Gasteiger charge is 2.18. The Balaban J connectivity index is 1.18. The molecule has 0 radical (unpaired) electrons. The third-order valence-corrected chi connectivity index (χ3v) is 9.48. The molecule has 0 aliphatic carbocycles. The van der Waals surface area contributed by atoms with Gasteiger partial charge in [-0.15, -0.1) is 0 Å². The van der Waals surface area contributed by atoms with Crippen molar-refractivity contribution in [2.45, 2.75) is 40.0 Å². The lowest BCUT2D eigenvalue weighted by atomic mass is 9.87. The summed E-state index contributed by atoms with van der Waals surface area (Å²) in [6.45, 7) is 11.1. The topological polar surface area (TPSA) is 6.48 Å². The number of hydrogen-bond acceptors (Lipinski definition) is 2. The average molecular weight is 649 g/mol. The summed E-state index contributed by atoms with van der Waals surface area (Å²) in [6, 6.07) is 59.1. The van der Waals surface area contributed by atoms with Crippen LogP contribution in [0.2, 0.25) is 0 Å². The Morgan fingerprint density at radius 2 is 0.820 bits per heavy atom. The molecule has 0 fully saturated rings. The second-order valence-electron chi connectivity index (χ2n) is 14.1. The number of nitrogens with zero attached hydrogens (tertiary/aromatic N) is 2. The fourth-order valence-corrected chi connectivity index (χ4v) is 6.64. The molecule has 0 aliphatic rings. The molecule has 246 valence electrons. The SMILES string of the molecule is Cc1ccccc1N(c1ccc(C=Cc2ccc(N(c3ccc(C(C)(C)C)cc3)c3cccc4ccccc34)cc2)cc1)c1ccccc1C. The Labute approximate surface area is 297 Å². The van der Waals surface area contributed by atoms with Gasteiger partial charge in [0.1, 0.15) is 0 Å². The molecule has 0 unspecified atom stereocenters. The van der Waals surface area contributed by atoms with Crippen LogP contribution in [-0.2, 0) is 5.41 Å². The van der Waals surface area contributed by atoms with E-state index in [0.29, 0.717) is 0 Å². The Morgan fingerprint density at radius 3 is 1.34 bits per heavy atom. The number of para-hydroxylation sites is 2. The highest BCUT2D eigenvalue weighted by molar-refractivity contribution is 5.99. The van der Waals surface area contributed by atoms with Gasteiger partial charge in [-0.25, -0.2) is 0 Å². The van der Waals surface area contributed by atoms with Crippen LogP contribution in [0.15, 0.2) is 164 Å². The molecule has 0 aliphatic heterocycles. The van der Waals surface area contributed by atoms with Crippen LogP contribution in [0.4, 0.5) is 34.1 Å². The molecule has 7 aromatic carbocycles. The minimum absolute atomic E-state index is 0.0956. The van der Waals surface area contributed by atoms with Gasteiger partial charge in [0.2, 0.25) is 0 Å². The molecule has 0 saturated carbocycles. The summed E-state index contributed by atoms with van der Waals surface area (Å²) in [5.41, 5.74) is 13.2. The minimum Gasteiger partial charge on any atom is -0.310 e. The molecule has 0 N–H and O–H groups in total. The molecule has 0 amide bonds. The van der Waals surface area contributed by atoms with Crippen molar-refractivity contribution in [3.8, 4) is 0 Å². The van der Waals surface area contributed by atoms with Crippen molar-refractivity contribution in [3.05, 3.63) is 192 Å². The van der Waals surface area contributed by atoms with Crippen molar-refractivity contribution in [3.63, 3.8) is 0 Å². The van der Waals surface area contributed by atoms with Crippen LogP contribution >= 0.6 is 0 Å². The molecule has 50 heavy (non-hydrogen) atoms. The number of fused-ring (bicyclic) bond motifs is 1. The quantitative estimate of drug-likeness (QED) is 0.151. The molecule has 0 saturated heterocycles. The smallest absolute Gasteiger partial charge is 0.0540 e. The van der Waals surface area contributed by atoms with Gasteiger partial charge in [-0.05, 0) is 107 Å². The van der Waals surface area contributed by atoms with E-state index < -0.39 is 0 Å². The summed E-state index contributed by atoms with van der Waals surface area (Å²) in [5, 5.41) is 2.46. The van der Waals surface area contributed by atoms with Gasteiger partial charge < -0.3 is 9.80 Å². The number of benzene rings is 7. The lowest BCUT2D eigenvalue weighted by molar-refractivity contribution is 0.590. The van der Waals surface area contributed by atoms with Crippen LogP contribution < -0.4 is 9.80 Å². The fourth-order valence-electron chi connectivity index (χ4n) is 6.64. The van der Waals surface area contributed by atoms with Gasteiger partial charge >= 0.3 is 0 Å². The van der Waals surface area contributed by atoms with Crippen LogP contribution in [0.3, 0.4) is 0 Å². The zero-order valence-electron chi connectivity index (χ0n) is 29.6. The van der Waals surface area contributed by atoms with E-state index in [2.05, 4.69) is 220 Å². The monoisotopic (exact) mass is 648 g/mol. The number of hydrogen-bond donors (Lipinski definition) is 0. The van der Waals surface area contributed by atoms with E-state index >= 15 is 0 Å². The second-order valence-corrected chi connectivity index (χ2v) is 14.1. The van der Waals surface area contributed by atoms with Gasteiger partial charge in [-0.2, -0.15) is 0 Å². The molecule has 2 heteroatoms. The van der Waals surface area contributed by atoms with Crippen molar-refractivity contribution in [2.24, 2.45) is 0 Å². The Morgan fingerprint density at radius 1 is 0.400 bits per heavy atom. The molecule has 7 aromatic rings. The normalized spacial score (nSPS) is 11.6. The first-order valence-corrected chi connectivity index (χ1v) is 17.4. The third-order valence-electron chi connectivity index (χ3n) is 9.48. The van der Waals surface area contributed by atoms with Gasteiger partial charge in [-0.3, -0.25) is 0 Å². The average Bonchev–Trinajstić information content (AvgIpc) is 3.13. The summed E-state index contributed by atoms with van der Waals surface area (Å²) in [5.74, 6) is 0. The van der Waals surface area contributed by atoms with Gasteiger partial charge in [0.05, 0.1) is 5.69 Å². The van der Waals surface area contributed by atoms with Gasteiger partial charge in [-0.1, -0.05) is 142 Å². The second kappa shape index (κ2) is 13.9. The van der Waals surface area contributed by atoms with Gasteiger partial charge in [0.15, 0.2) is 0 Å². The fraction of sp³-hybridized carbons (Fsp3) is 0.125. The van der Waals surface area contributed by atoms with E-state index in [1.54, 1.807) is 0 Å². The minimum atomic E-state index is 0.0956. The summed E-state index contributed by atoms with van der Waals surface area (Å²) in [6.07, 6.45) is 4.39. The Bertz CT molecular complexity index is 2200. The Hall–Kier alpha value is -5.86. The predicted octanol–water partition coefficient (Wildman–Crippen LogP) is 13.9. The third kappa shape index (κ3) is 6.84. The summed E-state index contributed by atoms with van der Waals surface area (Å²) >= 11 is 0. The van der Waals surface area contributed by atoms with Gasteiger partial charge in [0, 0.05) is 33.8 Å². The van der Waals surface area contributed by atoms with E-state index in [1.807, 2.05) is 0 Å². The summed E-state index contributed by atoms with van der Waals surface area (Å²) in [7, 11) is 0. The summed E-state index contributed by atoms with van der Waals surface area (Å²) in [4.78, 5) is 4.73. The number of aryl methyl sites for hydroxylation is 2. The Kier molecular flexibility index (Phi) is 9.11. The van der Waals surface area contributed by atoms with Crippen LogP contribution in [0.1, 0.15) is 48.6 Å². The van der Waals surface area contributed by atoms with E-state index in [4.69, 9.17) is 0 Å². The lowest BCUT2D eigenvalue weighted by Gasteiger charge is -2.28. The van der Waals surface area contributed by atoms with E-state index in [9.17, 15) is 0 Å². The van der Waals surface area contributed by atoms with E-state index in [0.717, 1.165) is 28.2 Å². The molecular formula is C48H44N2. The first kappa shape index (κ1) is 32.7. The molecule has 0 spiro atoms. The van der Waals surface area contributed by atoms with Crippen molar-refractivity contribution in [1.82, 2.24) is 0 Å². The zero-order chi connectivity index (χ0) is 34.7. The maximum absolute atomic E-state index is 2.37. The zero-order valence-corrected chi connectivity index (χ0v) is 29.6. The first-order valence-electron chi connectivity index (χ1n) is 17.4. The maximum atomic E-state index is 2.37. The van der Waals surface area contributed by atoms with E-state index in [-0.39, 0.29) is 5.41 Å². The molecular weight excluding hydrogens is 605 g/mol. The number of anilines is 6. The van der Waals surface area contributed by atoms with Crippen molar-refractivity contribution in [2.75, 3.05) is 9.80 Å². The van der Waals surface area contributed by atoms with Crippen molar-refractivity contribution in [1.29, 1.82) is 0 Å². The molecule has 0 heterocycles. The first-order chi connectivity index (χ1) is 24.3. The molecule has 0 aromatic heterocycles. The van der Waals surface area contributed by atoms with Crippen LogP contribution in [0.5, 0.6) is 0 Å². The standard InChI is InChI=1S/C48H44N2/c1-35-13-6-10-18-45(35)50(46-19-11-7-14-36(46)2)43-31-25-38(26-32-43)22-21-37-23-29-41(30-24-37)49(42-33-27-40(28-34-42)48(3,4)5)47-20-12-16-39-15-8-9-17-44(39)47/h6-34H,1-5H3. The number of rotatable bonds is 8. The van der Waals surface area contributed by atoms with Crippen molar-refractivity contribution < 1.29 is 0 Å².